The third-order valence-electron chi connectivity index (χ3n) is 4.17. The van der Waals surface area contributed by atoms with E-state index in [0.29, 0.717) is 0 Å². The maximum Gasteiger partial charge on any atom is 0.173 e. The van der Waals surface area contributed by atoms with Gasteiger partial charge in [0, 0.05) is 12.4 Å². The van der Waals surface area contributed by atoms with Crippen molar-refractivity contribution in [2.24, 2.45) is 0 Å². The first kappa shape index (κ1) is 22.7. The Labute approximate surface area is 154 Å². The first-order valence-electron chi connectivity index (χ1n) is 10.1. The average Bonchev–Trinajstić information content (AvgIpc) is 2.61. The average molecular weight is 333 g/mol. The highest BCUT2D eigenvalue weighted by Crippen LogP contribution is 2.13. The van der Waals surface area contributed by atoms with E-state index >= 15 is 0 Å². The van der Waals surface area contributed by atoms with Gasteiger partial charge in [0.2, 0.25) is 0 Å². The van der Waals surface area contributed by atoms with Gasteiger partial charge in [-0.25, -0.2) is 0 Å². The van der Waals surface area contributed by atoms with Crippen LogP contribution in [-0.2, 0) is 0 Å². The molecule has 0 amide bonds. The van der Waals surface area contributed by atoms with Gasteiger partial charge >= 0.3 is 0 Å². The number of pyridine rings is 1. The van der Waals surface area contributed by atoms with Gasteiger partial charge in [-0.05, 0) is 12.1 Å². The molecular formula is C21H39AlN. The van der Waals surface area contributed by atoms with E-state index in [2.05, 4.69) is 28.2 Å². The highest BCUT2D eigenvalue weighted by Gasteiger charge is 1.93. The van der Waals surface area contributed by atoms with Crippen LogP contribution in [0.15, 0.2) is 30.6 Å². The first-order chi connectivity index (χ1) is 11.4. The van der Waals surface area contributed by atoms with Crippen molar-refractivity contribution in [2.75, 3.05) is 0 Å². The summed E-state index contributed by atoms with van der Waals surface area (Å²) in [7, 11) is 0. The van der Waals surface area contributed by atoms with Crippen molar-refractivity contribution >= 4 is 16.3 Å². The summed E-state index contributed by atoms with van der Waals surface area (Å²) in [6, 6.07) is 5.72. The van der Waals surface area contributed by atoms with Crippen molar-refractivity contribution in [3.63, 3.8) is 0 Å². The maximum atomic E-state index is 3.78. The molecule has 0 aliphatic heterocycles. The summed E-state index contributed by atoms with van der Waals surface area (Å²) in [5.74, 6) is 0. The van der Waals surface area contributed by atoms with Gasteiger partial charge in [-0.1, -0.05) is 103 Å². The van der Waals surface area contributed by atoms with Crippen LogP contribution in [0.3, 0.4) is 0 Å². The van der Waals surface area contributed by atoms with E-state index < -0.39 is 0 Å². The Morgan fingerprint density at radius 3 is 1.22 bits per heavy atom. The molecule has 0 aliphatic rings. The maximum absolute atomic E-state index is 3.78. The Morgan fingerprint density at radius 2 is 0.957 bits per heavy atom. The molecular weight excluding hydrogens is 293 g/mol. The van der Waals surface area contributed by atoms with E-state index in [1.165, 1.54) is 95.2 Å². The molecule has 1 radical (unpaired) electrons. The van der Waals surface area contributed by atoms with Crippen LogP contribution in [0, 0.1) is 0 Å². The molecule has 0 aliphatic carbocycles. The fourth-order valence-corrected chi connectivity index (χ4v) is 3.04. The molecule has 0 unspecified atom stereocenters. The summed E-state index contributed by atoms with van der Waals surface area (Å²) in [6.45, 7) is 2.29. The van der Waals surface area contributed by atoms with E-state index in [9.17, 15) is 0 Å². The molecule has 1 rings (SSSR count). The molecule has 0 atom stereocenters. The van der Waals surface area contributed by atoms with Crippen molar-refractivity contribution in [3.05, 3.63) is 30.6 Å². The SMILES string of the molecule is CCCCCCCCCCCCCCC[CH2][AlH].c1ccncc1. The third-order valence-corrected chi connectivity index (χ3v) is 4.67. The molecule has 0 fully saturated rings. The molecule has 0 saturated carbocycles. The van der Waals surface area contributed by atoms with Gasteiger partial charge in [0.15, 0.2) is 16.3 Å². The highest BCUT2D eigenvalue weighted by molar-refractivity contribution is 6.08. The summed E-state index contributed by atoms with van der Waals surface area (Å²) in [5, 5.41) is 1.40. The molecule has 1 nitrogen and oxygen atoms in total. The fourth-order valence-electron chi connectivity index (χ4n) is 2.68. The minimum atomic E-state index is 1.37. The van der Waals surface area contributed by atoms with Crippen LogP contribution >= 0.6 is 0 Å². The van der Waals surface area contributed by atoms with E-state index in [-0.39, 0.29) is 0 Å². The number of hydrogen-bond acceptors (Lipinski definition) is 1. The fraction of sp³-hybridized carbons (Fsp3) is 0.762. The lowest BCUT2D eigenvalue weighted by Crippen LogP contribution is -1.83. The Balaban J connectivity index is 0.000000664. The van der Waals surface area contributed by atoms with Crippen molar-refractivity contribution in [1.82, 2.24) is 4.98 Å². The van der Waals surface area contributed by atoms with E-state index in [4.69, 9.17) is 0 Å². The van der Waals surface area contributed by atoms with Gasteiger partial charge in [-0.2, -0.15) is 0 Å². The van der Waals surface area contributed by atoms with Gasteiger partial charge in [0.05, 0.1) is 0 Å². The number of unbranched alkanes of at least 4 members (excludes halogenated alkanes) is 13. The van der Waals surface area contributed by atoms with Crippen molar-refractivity contribution in [3.8, 4) is 0 Å². The van der Waals surface area contributed by atoms with Crippen molar-refractivity contribution < 1.29 is 0 Å². The highest BCUT2D eigenvalue weighted by atomic mass is 27.0. The van der Waals surface area contributed by atoms with Crippen LogP contribution in [0.2, 0.25) is 5.28 Å². The summed E-state index contributed by atoms with van der Waals surface area (Å²) in [5.41, 5.74) is 0. The Kier molecular flexibility index (Phi) is 21.4. The van der Waals surface area contributed by atoms with Crippen molar-refractivity contribution in [2.45, 2.75) is 102 Å². The van der Waals surface area contributed by atoms with E-state index in [1.807, 2.05) is 18.2 Å². The third kappa shape index (κ3) is 21.7. The first-order valence-corrected chi connectivity index (χ1v) is 11.1. The van der Waals surface area contributed by atoms with Crippen LogP contribution in [0.1, 0.15) is 96.8 Å². The van der Waals surface area contributed by atoms with Crippen LogP contribution in [0.4, 0.5) is 0 Å². The standard InChI is InChI=1S/C16H33.C5H5N.Al.H/c1-3-5-7-9-11-13-15-16-14-12-10-8-6-4-2;1-2-4-6-5-3-1;;/h1,3-16H2,2H3;1-5H;;. The molecule has 131 valence electrons. The van der Waals surface area contributed by atoms with E-state index in [1.54, 1.807) is 12.4 Å². The summed E-state index contributed by atoms with van der Waals surface area (Å²) >= 11 is 2.12. The predicted octanol–water partition coefficient (Wildman–Crippen LogP) is 6.87. The molecule has 0 aromatic carbocycles. The monoisotopic (exact) mass is 332 g/mol. The second-order valence-electron chi connectivity index (χ2n) is 6.47. The Bertz CT molecular complexity index is 248. The largest absolute Gasteiger partial charge is 0.265 e. The zero-order chi connectivity index (χ0) is 16.8. The number of nitrogens with zero attached hydrogens (tertiary/aromatic N) is 1. The molecule has 0 saturated heterocycles. The lowest BCUT2D eigenvalue weighted by atomic mass is 10.0. The predicted molar refractivity (Wildman–Crippen MR) is 107 cm³/mol. The van der Waals surface area contributed by atoms with Crippen LogP contribution < -0.4 is 0 Å². The molecule has 1 aromatic heterocycles. The Morgan fingerprint density at radius 1 is 0.565 bits per heavy atom. The lowest BCUT2D eigenvalue weighted by molar-refractivity contribution is 0.538. The summed E-state index contributed by atoms with van der Waals surface area (Å²) in [4.78, 5) is 3.78. The summed E-state index contributed by atoms with van der Waals surface area (Å²) in [6.07, 6.45) is 24.1. The molecule has 23 heavy (non-hydrogen) atoms. The van der Waals surface area contributed by atoms with E-state index in [0.717, 1.165) is 0 Å². The zero-order valence-electron chi connectivity index (χ0n) is 15.6. The molecule has 0 bridgehead atoms. The van der Waals surface area contributed by atoms with Crippen LogP contribution in [0.5, 0.6) is 0 Å². The molecule has 1 heterocycles. The molecule has 1 aromatic rings. The number of rotatable bonds is 14. The van der Waals surface area contributed by atoms with Gasteiger partial charge in [0.1, 0.15) is 0 Å². The summed E-state index contributed by atoms with van der Waals surface area (Å²) < 4.78 is 0. The molecule has 0 spiro atoms. The van der Waals surface area contributed by atoms with Gasteiger partial charge in [0.25, 0.3) is 0 Å². The van der Waals surface area contributed by atoms with Gasteiger partial charge in [-0.15, -0.1) is 5.28 Å². The quantitative estimate of drug-likeness (QED) is 0.267. The van der Waals surface area contributed by atoms with Crippen LogP contribution in [0.25, 0.3) is 0 Å². The topological polar surface area (TPSA) is 12.9 Å². The zero-order valence-corrected chi connectivity index (χ0v) is 17.1. The number of hydrogen-bond donors (Lipinski definition) is 0. The smallest absolute Gasteiger partial charge is 0.173 e. The lowest BCUT2D eigenvalue weighted by Gasteiger charge is -2.02. The second-order valence-corrected chi connectivity index (χ2v) is 7.18. The van der Waals surface area contributed by atoms with Gasteiger partial charge in [-0.3, -0.25) is 4.98 Å². The molecule has 0 N–H and O–H groups in total. The normalized spacial score (nSPS) is 10.1. The second kappa shape index (κ2) is 21.7. The Hall–Kier alpha value is -0.318. The van der Waals surface area contributed by atoms with Gasteiger partial charge < -0.3 is 0 Å². The molecule has 2 heteroatoms. The van der Waals surface area contributed by atoms with Crippen molar-refractivity contribution in [1.29, 1.82) is 0 Å². The minimum Gasteiger partial charge on any atom is -0.265 e. The number of aromatic nitrogens is 1. The minimum absolute atomic E-state index is 1.37. The van der Waals surface area contributed by atoms with Crippen LogP contribution in [-0.4, -0.2) is 21.3 Å².